The predicted molar refractivity (Wildman–Crippen MR) is 183 cm³/mol. The van der Waals surface area contributed by atoms with Crippen LogP contribution >= 0.6 is 0 Å². The van der Waals surface area contributed by atoms with E-state index in [9.17, 15) is 4.79 Å². The highest BCUT2D eigenvalue weighted by Crippen LogP contribution is 2.37. The number of ether oxygens (including phenoxy) is 2. The van der Waals surface area contributed by atoms with Crippen molar-refractivity contribution in [2.24, 2.45) is 0 Å². The highest BCUT2D eigenvalue weighted by Gasteiger charge is 2.23. The number of para-hydroxylation sites is 1. The fraction of sp³-hybridized carbons (Fsp3) is 0.368. The maximum Gasteiger partial charge on any atom is 0.251 e. The summed E-state index contributed by atoms with van der Waals surface area (Å²) >= 11 is 0. The van der Waals surface area contributed by atoms with Crippen molar-refractivity contribution in [1.82, 2.24) is 10.1 Å². The molecule has 1 fully saturated rings. The summed E-state index contributed by atoms with van der Waals surface area (Å²) in [6.07, 6.45) is 4.78. The van der Waals surface area contributed by atoms with Crippen molar-refractivity contribution in [2.45, 2.75) is 59.2 Å². The van der Waals surface area contributed by atoms with Gasteiger partial charge in [0, 0.05) is 67.0 Å². The molecule has 6 rings (SSSR count). The maximum absolute atomic E-state index is 13.8. The Hall–Kier alpha value is -4.40. The van der Waals surface area contributed by atoms with Crippen LogP contribution in [-0.4, -0.2) is 55.4 Å². The van der Waals surface area contributed by atoms with Crippen molar-refractivity contribution < 1.29 is 18.8 Å². The third-order valence-corrected chi connectivity index (χ3v) is 9.13. The van der Waals surface area contributed by atoms with Crippen molar-refractivity contribution in [2.75, 3.05) is 43.6 Å². The van der Waals surface area contributed by atoms with Gasteiger partial charge in [-0.1, -0.05) is 41.6 Å². The molecule has 0 spiro atoms. The number of aromatic nitrogens is 1. The van der Waals surface area contributed by atoms with E-state index < -0.39 is 0 Å². The zero-order valence-electron chi connectivity index (χ0n) is 27.3. The van der Waals surface area contributed by atoms with Crippen LogP contribution in [0.1, 0.15) is 54.3 Å². The largest absolute Gasteiger partial charge is 0.493 e. The summed E-state index contributed by atoms with van der Waals surface area (Å²) in [6, 6.07) is 23.3. The van der Waals surface area contributed by atoms with Crippen molar-refractivity contribution in [3.63, 3.8) is 0 Å². The first-order chi connectivity index (χ1) is 22.4. The van der Waals surface area contributed by atoms with Gasteiger partial charge in [0.05, 0.1) is 12.3 Å². The molecule has 0 bridgehead atoms. The van der Waals surface area contributed by atoms with E-state index in [-0.39, 0.29) is 5.91 Å². The number of rotatable bonds is 10. The van der Waals surface area contributed by atoms with E-state index in [1.807, 2.05) is 57.2 Å². The number of amides is 1. The molecule has 2 aliphatic rings. The van der Waals surface area contributed by atoms with Crippen molar-refractivity contribution >= 4 is 23.4 Å². The molecular weight excluding hydrogens is 576 g/mol. The molecule has 4 aromatic rings. The number of nitrogens with zero attached hydrogens (tertiary/aromatic N) is 3. The normalized spacial score (nSPS) is 15.3. The Bertz CT molecular complexity index is 1670. The first-order valence-corrected chi connectivity index (χ1v) is 16.3. The number of nitrogens with one attached hydrogen (secondary N) is 1. The van der Waals surface area contributed by atoms with E-state index in [4.69, 9.17) is 14.0 Å². The zero-order valence-corrected chi connectivity index (χ0v) is 27.3. The third kappa shape index (κ3) is 7.19. The number of hydrogen-bond donors (Lipinski definition) is 1. The molecule has 1 saturated heterocycles. The molecule has 8 heteroatoms. The maximum atomic E-state index is 13.8. The van der Waals surface area contributed by atoms with Gasteiger partial charge in [-0.2, -0.15) is 0 Å². The molecule has 0 unspecified atom stereocenters. The predicted octanol–water partition coefficient (Wildman–Crippen LogP) is 7.40. The van der Waals surface area contributed by atoms with Gasteiger partial charge in [0.2, 0.25) is 0 Å². The number of anilines is 2. The first-order valence-electron chi connectivity index (χ1n) is 16.3. The van der Waals surface area contributed by atoms with Gasteiger partial charge >= 0.3 is 0 Å². The number of aryl methyl sites for hydroxylation is 2. The number of carbonyl (C=O) groups excluding carboxylic acids is 1. The summed E-state index contributed by atoms with van der Waals surface area (Å²) in [7, 11) is 2.18. The smallest absolute Gasteiger partial charge is 0.251 e. The lowest BCUT2D eigenvalue weighted by molar-refractivity contribution is -0.112. The fourth-order valence-electron chi connectivity index (χ4n) is 6.46. The molecule has 0 radical (unpaired) electrons. The van der Waals surface area contributed by atoms with Crippen LogP contribution in [0.3, 0.4) is 0 Å². The van der Waals surface area contributed by atoms with E-state index in [0.717, 1.165) is 89.0 Å². The monoisotopic (exact) mass is 620 g/mol. The Labute approximate surface area is 272 Å². The molecule has 1 aromatic heterocycles. The van der Waals surface area contributed by atoms with Gasteiger partial charge in [0.15, 0.2) is 0 Å². The Kier molecular flexibility index (Phi) is 9.85. The highest BCUT2D eigenvalue weighted by molar-refractivity contribution is 6.07. The highest BCUT2D eigenvalue weighted by atomic mass is 16.5. The molecule has 240 valence electrons. The molecule has 2 aliphatic heterocycles. The number of fused-ring (bicyclic) bond motifs is 1. The second-order valence-corrected chi connectivity index (χ2v) is 12.3. The molecule has 0 saturated carbocycles. The lowest BCUT2D eigenvalue weighted by Gasteiger charge is -2.31. The Morgan fingerprint density at radius 2 is 1.85 bits per heavy atom. The third-order valence-electron chi connectivity index (χ3n) is 9.13. The van der Waals surface area contributed by atoms with Crippen LogP contribution in [0.2, 0.25) is 0 Å². The minimum atomic E-state index is -0.0858. The molecular formula is C38H44N4O4. The minimum absolute atomic E-state index is 0.0858. The van der Waals surface area contributed by atoms with Crippen molar-refractivity contribution in [1.29, 1.82) is 0 Å². The van der Waals surface area contributed by atoms with Crippen LogP contribution in [0.25, 0.3) is 17.2 Å². The van der Waals surface area contributed by atoms with Crippen LogP contribution in [0, 0.1) is 13.8 Å². The van der Waals surface area contributed by atoms with E-state index in [1.54, 1.807) is 0 Å². The van der Waals surface area contributed by atoms with E-state index in [2.05, 4.69) is 63.7 Å². The summed E-state index contributed by atoms with van der Waals surface area (Å²) in [6.45, 7) is 10.4. The van der Waals surface area contributed by atoms with Crippen molar-refractivity contribution in [3.8, 4) is 16.9 Å². The van der Waals surface area contributed by atoms with Crippen molar-refractivity contribution in [3.05, 3.63) is 100 Å². The number of hydrogen-bond acceptors (Lipinski definition) is 7. The van der Waals surface area contributed by atoms with Gasteiger partial charge in [-0.25, -0.2) is 0 Å². The summed E-state index contributed by atoms with van der Waals surface area (Å²) in [5.41, 5.74) is 8.84. The molecule has 3 heterocycles. The SMILES string of the molecule is CCOc1ccccc1-c1ccc2c(c1)C=C(C(=O)Nc1ccc(CN(C)C3CCOCC3)cc1)CCN2Cc1c(C)noc1C. The van der Waals surface area contributed by atoms with Crippen LogP contribution in [0.15, 0.2) is 76.8 Å². The summed E-state index contributed by atoms with van der Waals surface area (Å²) in [4.78, 5) is 18.5. The Morgan fingerprint density at radius 1 is 1.07 bits per heavy atom. The molecule has 0 aliphatic carbocycles. The van der Waals surface area contributed by atoms with E-state index in [0.29, 0.717) is 32.2 Å². The number of benzene rings is 3. The van der Waals surface area contributed by atoms with Crippen LogP contribution in [0.4, 0.5) is 11.4 Å². The van der Waals surface area contributed by atoms with Gasteiger partial charge in [-0.3, -0.25) is 9.69 Å². The molecule has 8 nitrogen and oxygen atoms in total. The summed E-state index contributed by atoms with van der Waals surface area (Å²) < 4.78 is 17.0. The van der Waals surface area contributed by atoms with Gasteiger partial charge in [0.1, 0.15) is 11.5 Å². The average Bonchev–Trinajstić information content (AvgIpc) is 3.28. The summed E-state index contributed by atoms with van der Waals surface area (Å²) in [5, 5.41) is 7.34. The van der Waals surface area contributed by atoms with Gasteiger partial charge in [-0.05, 0) is 100 Å². The molecule has 1 N–H and O–H groups in total. The lowest BCUT2D eigenvalue weighted by Crippen LogP contribution is -2.36. The van der Waals surface area contributed by atoms with Crippen LogP contribution in [0.5, 0.6) is 5.75 Å². The van der Waals surface area contributed by atoms with E-state index in [1.165, 1.54) is 5.56 Å². The number of carbonyl (C=O) groups is 1. The first kappa shape index (κ1) is 31.6. The molecule has 3 aromatic carbocycles. The van der Waals surface area contributed by atoms with Crippen LogP contribution < -0.4 is 15.0 Å². The average molecular weight is 621 g/mol. The van der Waals surface area contributed by atoms with E-state index >= 15 is 0 Å². The minimum Gasteiger partial charge on any atom is -0.493 e. The quantitative estimate of drug-likeness (QED) is 0.198. The topological polar surface area (TPSA) is 80.1 Å². The Balaban J connectivity index is 1.24. The van der Waals surface area contributed by atoms with Gasteiger partial charge < -0.3 is 24.2 Å². The van der Waals surface area contributed by atoms with Crippen LogP contribution in [-0.2, 0) is 22.6 Å². The zero-order chi connectivity index (χ0) is 32.0. The van der Waals surface area contributed by atoms with Gasteiger partial charge in [-0.15, -0.1) is 0 Å². The molecule has 0 atom stereocenters. The lowest BCUT2D eigenvalue weighted by atomic mass is 9.99. The molecule has 1 amide bonds. The second-order valence-electron chi connectivity index (χ2n) is 12.3. The van der Waals surface area contributed by atoms with Gasteiger partial charge in [0.25, 0.3) is 5.91 Å². The molecule has 46 heavy (non-hydrogen) atoms. The second kappa shape index (κ2) is 14.4. The fourth-order valence-corrected chi connectivity index (χ4v) is 6.46. The standard InChI is InChI=1S/C38H44N4O4/c1-5-45-37-9-7-6-8-34(37)29-12-15-36-31(22-29)23-30(16-19-42(36)25-35-26(2)40-46-27(35)3)38(43)39-32-13-10-28(11-14-32)24-41(4)33-17-20-44-21-18-33/h6-15,22-23,33H,5,16-21,24-25H2,1-4H3,(H,39,43). The summed E-state index contributed by atoms with van der Waals surface area (Å²) in [5.74, 6) is 1.58. The Morgan fingerprint density at radius 3 is 2.59 bits per heavy atom.